The summed E-state index contributed by atoms with van der Waals surface area (Å²) in [5, 5.41) is 0. The quantitative estimate of drug-likeness (QED) is 0.877. The van der Waals surface area contributed by atoms with Gasteiger partial charge in [-0.25, -0.2) is 4.98 Å². The zero-order valence-electron chi connectivity index (χ0n) is 11.9. The standard InChI is InChI=1S/C16H21N3O/c1-2-19-15-6-4-3-5-14(15)18-16(19)10-12(20)9-13(17)11-7-8-11/h3-6,11,13H,2,7-10,17H2,1H3. The number of nitrogens with zero attached hydrogens (tertiary/aromatic N) is 2. The van der Waals surface area contributed by atoms with Crippen molar-refractivity contribution >= 4 is 16.8 Å². The van der Waals surface area contributed by atoms with E-state index in [0.717, 1.165) is 23.4 Å². The van der Waals surface area contributed by atoms with Gasteiger partial charge in [0.15, 0.2) is 0 Å². The Labute approximate surface area is 119 Å². The number of carbonyl (C=O) groups excluding carboxylic acids is 1. The Kier molecular flexibility index (Phi) is 3.57. The molecule has 1 unspecified atom stereocenters. The molecule has 4 heteroatoms. The lowest BCUT2D eigenvalue weighted by atomic mass is 10.0. The van der Waals surface area contributed by atoms with E-state index in [1.807, 2.05) is 18.2 Å². The van der Waals surface area contributed by atoms with Crippen LogP contribution < -0.4 is 5.73 Å². The van der Waals surface area contributed by atoms with Gasteiger partial charge in [0.2, 0.25) is 0 Å². The third-order valence-electron chi connectivity index (χ3n) is 4.10. The minimum absolute atomic E-state index is 0.0435. The van der Waals surface area contributed by atoms with Gasteiger partial charge in [0.1, 0.15) is 11.6 Å². The Hall–Kier alpha value is -1.68. The van der Waals surface area contributed by atoms with Crippen LogP contribution in [0.1, 0.15) is 32.0 Å². The number of hydrogen-bond donors (Lipinski definition) is 1. The summed E-state index contributed by atoms with van der Waals surface area (Å²) in [5.41, 5.74) is 8.09. The monoisotopic (exact) mass is 271 g/mol. The number of aromatic nitrogens is 2. The summed E-state index contributed by atoms with van der Waals surface area (Å²) in [6.07, 6.45) is 3.24. The number of benzene rings is 1. The summed E-state index contributed by atoms with van der Waals surface area (Å²) in [7, 11) is 0. The molecule has 0 amide bonds. The highest BCUT2D eigenvalue weighted by molar-refractivity contribution is 5.83. The minimum atomic E-state index is 0.0435. The van der Waals surface area contributed by atoms with Gasteiger partial charge in [-0.1, -0.05) is 12.1 Å². The molecule has 3 rings (SSSR count). The molecule has 106 valence electrons. The highest BCUT2D eigenvalue weighted by Crippen LogP contribution is 2.33. The predicted molar refractivity (Wildman–Crippen MR) is 79.4 cm³/mol. The second-order valence-corrected chi connectivity index (χ2v) is 5.68. The Bertz CT molecular complexity index is 628. The first-order valence-corrected chi connectivity index (χ1v) is 7.40. The first-order valence-electron chi connectivity index (χ1n) is 7.40. The lowest BCUT2D eigenvalue weighted by Gasteiger charge is -2.09. The van der Waals surface area contributed by atoms with Gasteiger partial charge in [-0.15, -0.1) is 0 Å². The summed E-state index contributed by atoms with van der Waals surface area (Å²) in [6.45, 7) is 2.91. The number of aryl methyl sites for hydroxylation is 1. The van der Waals surface area contributed by atoms with Crippen LogP contribution in [0.3, 0.4) is 0 Å². The van der Waals surface area contributed by atoms with Crippen molar-refractivity contribution in [2.24, 2.45) is 11.7 Å². The van der Waals surface area contributed by atoms with E-state index in [1.54, 1.807) is 0 Å². The molecule has 1 aliphatic rings. The number of ketones is 1. The molecule has 0 saturated heterocycles. The van der Waals surface area contributed by atoms with Crippen molar-refractivity contribution < 1.29 is 4.79 Å². The molecule has 0 radical (unpaired) electrons. The summed E-state index contributed by atoms with van der Waals surface area (Å²) in [6, 6.07) is 8.07. The van der Waals surface area contributed by atoms with Crippen LogP contribution >= 0.6 is 0 Å². The molecule has 2 aromatic rings. The lowest BCUT2D eigenvalue weighted by molar-refractivity contribution is -0.119. The van der Waals surface area contributed by atoms with Crippen LogP contribution in [0.2, 0.25) is 0 Å². The van der Waals surface area contributed by atoms with Crippen LogP contribution in [0, 0.1) is 5.92 Å². The molecule has 1 atom stereocenters. The van der Waals surface area contributed by atoms with Crippen molar-refractivity contribution in [3.63, 3.8) is 0 Å². The van der Waals surface area contributed by atoms with Gasteiger partial charge in [0.25, 0.3) is 0 Å². The van der Waals surface area contributed by atoms with E-state index in [0.29, 0.717) is 18.8 Å². The SMILES string of the molecule is CCn1c(CC(=O)CC(N)C2CC2)nc2ccccc21. The van der Waals surface area contributed by atoms with Gasteiger partial charge in [-0.3, -0.25) is 4.79 Å². The van der Waals surface area contributed by atoms with Crippen molar-refractivity contribution in [2.75, 3.05) is 0 Å². The van der Waals surface area contributed by atoms with E-state index < -0.39 is 0 Å². The Morgan fingerprint density at radius 3 is 2.90 bits per heavy atom. The van der Waals surface area contributed by atoms with Gasteiger partial charge in [-0.2, -0.15) is 0 Å². The van der Waals surface area contributed by atoms with E-state index in [9.17, 15) is 4.79 Å². The lowest BCUT2D eigenvalue weighted by Crippen LogP contribution is -2.27. The predicted octanol–water partition coefficient (Wildman–Crippen LogP) is 2.30. The number of rotatable bonds is 6. The Morgan fingerprint density at radius 1 is 1.45 bits per heavy atom. The average molecular weight is 271 g/mol. The molecule has 1 fully saturated rings. The van der Waals surface area contributed by atoms with Crippen molar-refractivity contribution in [3.05, 3.63) is 30.1 Å². The van der Waals surface area contributed by atoms with Gasteiger partial charge >= 0.3 is 0 Å². The fraction of sp³-hybridized carbons (Fsp3) is 0.500. The van der Waals surface area contributed by atoms with E-state index in [-0.39, 0.29) is 11.8 Å². The molecule has 0 bridgehead atoms. The number of imidazole rings is 1. The second-order valence-electron chi connectivity index (χ2n) is 5.68. The second kappa shape index (κ2) is 5.37. The van der Waals surface area contributed by atoms with E-state index in [4.69, 9.17) is 5.73 Å². The van der Waals surface area contributed by atoms with E-state index in [1.165, 1.54) is 12.8 Å². The summed E-state index contributed by atoms with van der Waals surface area (Å²) < 4.78 is 2.12. The van der Waals surface area contributed by atoms with Crippen LogP contribution in [-0.2, 0) is 17.8 Å². The summed E-state index contributed by atoms with van der Waals surface area (Å²) in [5.74, 6) is 1.64. The number of hydrogen-bond acceptors (Lipinski definition) is 3. The average Bonchev–Trinajstić information content (AvgIpc) is 3.21. The van der Waals surface area contributed by atoms with Gasteiger partial charge in [0.05, 0.1) is 17.5 Å². The number of para-hydroxylation sites is 2. The summed E-state index contributed by atoms with van der Waals surface area (Å²) in [4.78, 5) is 16.8. The van der Waals surface area contributed by atoms with Crippen LogP contribution in [0.15, 0.2) is 24.3 Å². The number of carbonyl (C=O) groups is 1. The largest absolute Gasteiger partial charge is 0.328 e. The van der Waals surface area contributed by atoms with Crippen LogP contribution in [-0.4, -0.2) is 21.4 Å². The number of nitrogens with two attached hydrogens (primary N) is 1. The van der Waals surface area contributed by atoms with Gasteiger partial charge in [-0.05, 0) is 37.8 Å². The van der Waals surface area contributed by atoms with Crippen LogP contribution in [0.5, 0.6) is 0 Å². The van der Waals surface area contributed by atoms with Crippen molar-refractivity contribution in [1.29, 1.82) is 0 Å². The van der Waals surface area contributed by atoms with Crippen LogP contribution in [0.25, 0.3) is 11.0 Å². The normalized spacial score (nSPS) is 16.5. The number of Topliss-reactive ketones (excluding diaryl/α,β-unsaturated/α-hetero) is 1. The zero-order valence-corrected chi connectivity index (χ0v) is 11.9. The molecule has 1 aromatic carbocycles. The first kappa shape index (κ1) is 13.3. The fourth-order valence-electron chi connectivity index (χ4n) is 2.82. The Balaban J connectivity index is 1.77. The van der Waals surface area contributed by atoms with Crippen molar-refractivity contribution in [1.82, 2.24) is 9.55 Å². The molecule has 4 nitrogen and oxygen atoms in total. The number of fused-ring (bicyclic) bond motifs is 1. The summed E-state index contributed by atoms with van der Waals surface area (Å²) >= 11 is 0. The Morgan fingerprint density at radius 2 is 2.20 bits per heavy atom. The highest BCUT2D eigenvalue weighted by Gasteiger charge is 2.30. The molecule has 1 aromatic heterocycles. The third kappa shape index (κ3) is 2.61. The highest BCUT2D eigenvalue weighted by atomic mass is 16.1. The maximum atomic E-state index is 12.2. The van der Waals surface area contributed by atoms with Crippen LogP contribution in [0.4, 0.5) is 0 Å². The molecular formula is C16H21N3O. The zero-order chi connectivity index (χ0) is 14.1. The topological polar surface area (TPSA) is 60.9 Å². The molecule has 1 aliphatic carbocycles. The van der Waals surface area contributed by atoms with E-state index >= 15 is 0 Å². The third-order valence-corrected chi connectivity index (χ3v) is 4.10. The molecule has 1 saturated carbocycles. The smallest absolute Gasteiger partial charge is 0.141 e. The molecule has 1 heterocycles. The van der Waals surface area contributed by atoms with Crippen molar-refractivity contribution in [3.8, 4) is 0 Å². The molecule has 0 aliphatic heterocycles. The molecular weight excluding hydrogens is 250 g/mol. The first-order chi connectivity index (χ1) is 9.69. The minimum Gasteiger partial charge on any atom is -0.328 e. The molecule has 0 spiro atoms. The van der Waals surface area contributed by atoms with Gasteiger partial charge < -0.3 is 10.3 Å². The fourth-order valence-corrected chi connectivity index (χ4v) is 2.82. The van der Waals surface area contributed by atoms with Gasteiger partial charge in [0, 0.05) is 19.0 Å². The molecule has 2 N–H and O–H groups in total. The van der Waals surface area contributed by atoms with E-state index in [2.05, 4.69) is 22.5 Å². The molecule has 20 heavy (non-hydrogen) atoms. The maximum absolute atomic E-state index is 12.2. The maximum Gasteiger partial charge on any atom is 0.141 e. The van der Waals surface area contributed by atoms with Crippen molar-refractivity contribution in [2.45, 2.75) is 45.2 Å².